The number of benzene rings is 2. The Hall–Kier alpha value is -1.72. The van der Waals surface area contributed by atoms with Gasteiger partial charge in [-0.1, -0.05) is 36.4 Å². The van der Waals surface area contributed by atoms with Crippen LogP contribution in [0.3, 0.4) is 0 Å². The second-order valence-electron chi connectivity index (χ2n) is 8.36. The van der Waals surface area contributed by atoms with Gasteiger partial charge in [-0.25, -0.2) is 0 Å². The minimum absolute atomic E-state index is 0. The summed E-state index contributed by atoms with van der Waals surface area (Å²) in [4.78, 5) is 18.0. The van der Waals surface area contributed by atoms with E-state index in [-0.39, 0.29) is 83.8 Å². The molecule has 218 valence electrons. The van der Waals surface area contributed by atoms with Gasteiger partial charge in [-0.15, -0.1) is 49.6 Å². The van der Waals surface area contributed by atoms with Gasteiger partial charge in [0.25, 0.3) is 0 Å². The number of halogens is 4. The van der Waals surface area contributed by atoms with E-state index in [1.807, 2.05) is 48.8 Å². The van der Waals surface area contributed by atoms with Gasteiger partial charge in [0.15, 0.2) is 0 Å². The first-order chi connectivity index (χ1) is 16.0. The molecule has 0 aliphatic heterocycles. The summed E-state index contributed by atoms with van der Waals surface area (Å²) in [7, 11) is 0. The van der Waals surface area contributed by atoms with E-state index in [0.717, 1.165) is 29.2 Å². The van der Waals surface area contributed by atoms with Crippen LogP contribution in [0.25, 0.3) is 0 Å². The van der Waals surface area contributed by atoms with Gasteiger partial charge in [0.2, 0.25) is 0 Å². The van der Waals surface area contributed by atoms with Gasteiger partial charge in [-0.2, -0.15) is 0 Å². The van der Waals surface area contributed by atoms with Crippen LogP contribution < -0.4 is 0 Å². The molecule has 2 aromatic carbocycles. The monoisotopic (exact) mass is 702 g/mol. The van der Waals surface area contributed by atoms with Gasteiger partial charge in [0, 0.05) is 46.5 Å². The van der Waals surface area contributed by atoms with Crippen molar-refractivity contribution < 1.29 is 34.1 Å². The Morgan fingerprint density at radius 2 is 0.897 bits per heavy atom. The molecule has 2 heterocycles. The number of hydrogen-bond acceptors (Lipinski definition) is 4. The molecule has 0 unspecified atom stereocenters. The van der Waals surface area contributed by atoms with Gasteiger partial charge in [-0.3, -0.25) is 20.0 Å². The molecule has 2 aromatic heterocycles. The topological polar surface area (TPSA) is 50.5 Å². The molecule has 4 aromatic rings. The van der Waals surface area contributed by atoms with Crippen LogP contribution in [-0.2, 0) is 40.6 Å². The number of aryl methyl sites for hydroxylation is 4. The molecule has 4 nitrogen and oxygen atoms in total. The number of aromatic nitrogens is 2. The quantitative estimate of drug-likeness (QED) is 0.149. The molecule has 0 saturated carbocycles. The van der Waals surface area contributed by atoms with E-state index in [0.29, 0.717) is 0 Å². The van der Waals surface area contributed by atoms with Gasteiger partial charge in [-0.05, 0) is 91.8 Å². The molecule has 0 amide bonds. The summed E-state index contributed by atoms with van der Waals surface area (Å²) in [6.07, 6.45) is 8.09. The molecule has 0 bridgehead atoms. The van der Waals surface area contributed by atoms with Gasteiger partial charge in [0.05, 0.1) is 35.2 Å². The summed E-state index contributed by atoms with van der Waals surface area (Å²) in [5.41, 5.74) is 11.0. The van der Waals surface area contributed by atoms with Crippen molar-refractivity contribution in [3.63, 3.8) is 0 Å². The average Bonchev–Trinajstić information content (AvgIpc) is 2.79. The standard InChI is InChI=1S/C29H28N4.4ClH.2Cu/c1-20-13-24(14-21(2)28(20)32-18-26-9-5-7-11-30-26)17-25-15-22(3)29(23(4)16-25)33-19-27-10-6-8-12-31-27;;;;;;/h5-16,18-19H,17H2,1-4H3;4*1H;;. The van der Waals surface area contributed by atoms with E-state index in [1.54, 1.807) is 12.4 Å². The Morgan fingerprint density at radius 3 is 1.18 bits per heavy atom. The van der Waals surface area contributed by atoms with E-state index in [9.17, 15) is 0 Å². The predicted molar refractivity (Wildman–Crippen MR) is 167 cm³/mol. The zero-order valence-corrected chi connectivity index (χ0v) is 27.0. The molecule has 0 spiro atoms. The number of pyridine rings is 2. The van der Waals surface area contributed by atoms with Gasteiger partial charge >= 0.3 is 0 Å². The van der Waals surface area contributed by atoms with Crippen LogP contribution in [-0.4, -0.2) is 22.4 Å². The van der Waals surface area contributed by atoms with Crippen LogP contribution in [0.1, 0.15) is 44.8 Å². The summed E-state index contributed by atoms with van der Waals surface area (Å²) < 4.78 is 0. The molecule has 0 aliphatic rings. The normalized spacial score (nSPS) is 9.74. The summed E-state index contributed by atoms with van der Waals surface area (Å²) >= 11 is 0. The van der Waals surface area contributed by atoms with Crippen molar-refractivity contribution >= 4 is 73.4 Å². The average molecular weight is 706 g/mol. The molecule has 2 radical (unpaired) electrons. The third-order valence-corrected chi connectivity index (χ3v) is 5.54. The number of nitrogens with zero attached hydrogens (tertiary/aromatic N) is 4. The van der Waals surface area contributed by atoms with E-state index in [4.69, 9.17) is 9.98 Å². The fraction of sp³-hybridized carbons (Fsp3) is 0.172. The zero-order chi connectivity index (χ0) is 23.2. The second kappa shape index (κ2) is 20.2. The van der Waals surface area contributed by atoms with Crippen molar-refractivity contribution in [1.29, 1.82) is 0 Å². The van der Waals surface area contributed by atoms with Gasteiger partial charge < -0.3 is 0 Å². The predicted octanol–water partition coefficient (Wildman–Crippen LogP) is 8.48. The van der Waals surface area contributed by atoms with Crippen molar-refractivity contribution in [2.75, 3.05) is 0 Å². The molecule has 10 heteroatoms. The number of hydrogen-bond donors (Lipinski definition) is 0. The van der Waals surface area contributed by atoms with Crippen LogP contribution in [0, 0.1) is 27.7 Å². The van der Waals surface area contributed by atoms with E-state index < -0.39 is 0 Å². The van der Waals surface area contributed by atoms with Gasteiger partial charge in [0.1, 0.15) is 0 Å². The molecule has 39 heavy (non-hydrogen) atoms. The fourth-order valence-electron chi connectivity index (χ4n) is 4.10. The molecular weight excluding hydrogens is 673 g/mol. The SMILES string of the molecule is Cc1cc(Cc2cc(C)c(N=Cc3ccccn3)c(C)c2)cc(C)c1N=Cc1ccccn1.Cl.Cl.Cl.Cl.[Cu].[Cu]. The molecule has 0 atom stereocenters. The first kappa shape index (κ1) is 41.8. The van der Waals surface area contributed by atoms with Crippen LogP contribution in [0.2, 0.25) is 0 Å². The van der Waals surface area contributed by atoms with Crippen molar-refractivity contribution in [2.24, 2.45) is 9.98 Å². The second-order valence-corrected chi connectivity index (χ2v) is 8.36. The third-order valence-electron chi connectivity index (χ3n) is 5.54. The number of rotatable bonds is 6. The van der Waals surface area contributed by atoms with Crippen LogP contribution in [0.4, 0.5) is 11.4 Å². The van der Waals surface area contributed by atoms with Crippen LogP contribution >= 0.6 is 49.6 Å². The van der Waals surface area contributed by atoms with Crippen LogP contribution in [0.5, 0.6) is 0 Å². The Kier molecular flexibility index (Phi) is 21.6. The summed E-state index contributed by atoms with van der Waals surface area (Å²) in [6, 6.07) is 20.6. The van der Waals surface area contributed by atoms with Crippen LogP contribution in [0.15, 0.2) is 83.0 Å². The first-order valence-corrected chi connectivity index (χ1v) is 11.1. The maximum atomic E-state index is 4.70. The van der Waals surface area contributed by atoms with Crippen molar-refractivity contribution in [3.05, 3.63) is 118 Å². The maximum absolute atomic E-state index is 4.70. The molecule has 0 fully saturated rings. The Balaban J connectivity index is -0.00000216. The molecule has 0 aliphatic carbocycles. The van der Waals surface area contributed by atoms with Crippen molar-refractivity contribution in [1.82, 2.24) is 9.97 Å². The van der Waals surface area contributed by atoms with Crippen molar-refractivity contribution in [3.8, 4) is 0 Å². The summed E-state index contributed by atoms with van der Waals surface area (Å²) in [6.45, 7) is 8.47. The zero-order valence-electron chi connectivity index (χ0n) is 21.8. The Morgan fingerprint density at radius 1 is 0.564 bits per heavy atom. The van der Waals surface area contributed by atoms with E-state index >= 15 is 0 Å². The Labute approximate surface area is 277 Å². The third kappa shape index (κ3) is 11.7. The summed E-state index contributed by atoms with van der Waals surface area (Å²) in [5, 5.41) is 0. The smallest absolute Gasteiger partial charge is 0.0812 e. The van der Waals surface area contributed by atoms with E-state index in [1.165, 1.54) is 33.4 Å². The molecular formula is C29H32Cl4Cu2N4. The molecule has 4 rings (SSSR count). The Bertz CT molecular complexity index is 1190. The maximum Gasteiger partial charge on any atom is 0.0812 e. The largest absolute Gasteiger partial charge is 0.255 e. The molecule has 0 N–H and O–H groups in total. The number of aliphatic imine (C=N–C) groups is 2. The molecule has 0 saturated heterocycles. The minimum Gasteiger partial charge on any atom is -0.255 e. The summed E-state index contributed by atoms with van der Waals surface area (Å²) in [5.74, 6) is 0. The first-order valence-electron chi connectivity index (χ1n) is 11.1. The van der Waals surface area contributed by atoms with E-state index in [2.05, 4.69) is 61.9 Å². The van der Waals surface area contributed by atoms with Crippen molar-refractivity contribution in [2.45, 2.75) is 34.1 Å². The minimum atomic E-state index is 0. The fourth-order valence-corrected chi connectivity index (χ4v) is 4.10.